The molecular weight excluding hydrogens is 512 g/mol. The molecule has 4 N–H and O–H groups in total. The summed E-state index contributed by atoms with van der Waals surface area (Å²) in [5.74, 6) is -0.866. The molecule has 10 nitrogen and oxygen atoms in total. The quantitative estimate of drug-likeness (QED) is 0.247. The fourth-order valence-corrected chi connectivity index (χ4v) is 3.75. The van der Waals surface area contributed by atoms with E-state index in [0.717, 1.165) is 11.1 Å². The minimum absolute atomic E-state index is 0.118. The Kier molecular flexibility index (Phi) is 14.1. The Morgan fingerprint density at radius 1 is 0.600 bits per heavy atom. The van der Waals surface area contributed by atoms with Crippen molar-refractivity contribution in [2.75, 3.05) is 13.1 Å². The lowest BCUT2D eigenvalue weighted by molar-refractivity contribution is -0.125. The van der Waals surface area contributed by atoms with Crippen molar-refractivity contribution >= 4 is 24.0 Å². The number of benzene rings is 2. The van der Waals surface area contributed by atoms with Gasteiger partial charge >= 0.3 is 12.2 Å². The van der Waals surface area contributed by atoms with E-state index in [1.165, 1.54) is 0 Å². The summed E-state index contributed by atoms with van der Waals surface area (Å²) >= 11 is 0. The van der Waals surface area contributed by atoms with Crippen LogP contribution in [0.4, 0.5) is 9.59 Å². The maximum atomic E-state index is 12.6. The van der Waals surface area contributed by atoms with Crippen molar-refractivity contribution in [2.24, 2.45) is 11.8 Å². The van der Waals surface area contributed by atoms with E-state index in [-0.39, 0.29) is 36.9 Å². The highest BCUT2D eigenvalue weighted by Gasteiger charge is 2.25. The number of rotatable bonds is 15. The number of ether oxygens (including phenoxy) is 2. The van der Waals surface area contributed by atoms with Crippen LogP contribution in [0.15, 0.2) is 60.7 Å². The van der Waals surface area contributed by atoms with Crippen molar-refractivity contribution in [3.63, 3.8) is 0 Å². The number of unbranched alkanes of at least 4 members (excludes halogenated alkanes) is 1. The van der Waals surface area contributed by atoms with Crippen molar-refractivity contribution in [1.82, 2.24) is 21.3 Å². The Labute approximate surface area is 236 Å². The SMILES string of the molecule is CC(C)[C@H](NC(=O)OCc1ccccc1)C(=O)NCCCCNC(=O)[C@@H](NC(=O)OCc1ccccc1)C(C)C. The van der Waals surface area contributed by atoms with E-state index in [1.54, 1.807) is 0 Å². The molecule has 0 aliphatic carbocycles. The van der Waals surface area contributed by atoms with Crippen molar-refractivity contribution in [1.29, 1.82) is 0 Å². The van der Waals surface area contributed by atoms with Crippen molar-refractivity contribution in [2.45, 2.75) is 65.8 Å². The first kappa shape index (κ1) is 32.1. The molecule has 2 aromatic carbocycles. The van der Waals surface area contributed by atoms with Gasteiger partial charge in [-0.25, -0.2) is 9.59 Å². The van der Waals surface area contributed by atoms with Crippen LogP contribution in [0, 0.1) is 11.8 Å². The first-order valence-electron chi connectivity index (χ1n) is 13.7. The topological polar surface area (TPSA) is 135 Å². The third kappa shape index (κ3) is 12.2. The predicted molar refractivity (Wildman–Crippen MR) is 152 cm³/mol. The minimum Gasteiger partial charge on any atom is -0.445 e. The molecule has 0 bridgehead atoms. The molecule has 0 spiro atoms. The molecule has 0 saturated heterocycles. The third-order valence-corrected chi connectivity index (χ3v) is 6.07. The van der Waals surface area contributed by atoms with Crippen LogP contribution in [-0.2, 0) is 32.3 Å². The van der Waals surface area contributed by atoms with Crippen LogP contribution >= 0.6 is 0 Å². The van der Waals surface area contributed by atoms with Crippen molar-refractivity contribution < 1.29 is 28.7 Å². The van der Waals surface area contributed by atoms with Gasteiger partial charge in [0.15, 0.2) is 0 Å². The Morgan fingerprint density at radius 2 is 0.950 bits per heavy atom. The molecule has 0 radical (unpaired) electrons. The lowest BCUT2D eigenvalue weighted by Crippen LogP contribution is -2.50. The summed E-state index contributed by atoms with van der Waals surface area (Å²) in [6.45, 7) is 8.37. The zero-order chi connectivity index (χ0) is 29.3. The summed E-state index contributed by atoms with van der Waals surface area (Å²) in [7, 11) is 0. The number of hydrogen-bond donors (Lipinski definition) is 4. The zero-order valence-corrected chi connectivity index (χ0v) is 23.8. The fraction of sp³-hybridized carbons (Fsp3) is 0.467. The van der Waals surface area contributed by atoms with Crippen LogP contribution in [-0.4, -0.2) is 49.2 Å². The molecule has 10 heteroatoms. The van der Waals surface area contributed by atoms with E-state index in [9.17, 15) is 19.2 Å². The number of carbonyl (C=O) groups excluding carboxylic acids is 4. The molecule has 2 atom stereocenters. The average molecular weight is 555 g/mol. The molecule has 0 aliphatic rings. The summed E-state index contributed by atoms with van der Waals surface area (Å²) in [4.78, 5) is 49.7. The van der Waals surface area contributed by atoms with Crippen LogP contribution in [0.2, 0.25) is 0 Å². The molecule has 4 amide bonds. The summed E-state index contributed by atoms with van der Waals surface area (Å²) in [5.41, 5.74) is 1.71. The monoisotopic (exact) mass is 554 g/mol. The van der Waals surface area contributed by atoms with Gasteiger partial charge in [-0.3, -0.25) is 9.59 Å². The van der Waals surface area contributed by atoms with E-state index in [1.807, 2.05) is 88.4 Å². The number of alkyl carbamates (subject to hydrolysis) is 2. The number of carbonyl (C=O) groups is 4. The van der Waals surface area contributed by atoms with Gasteiger partial charge in [0.05, 0.1) is 0 Å². The first-order valence-corrected chi connectivity index (χ1v) is 13.7. The highest BCUT2D eigenvalue weighted by Crippen LogP contribution is 2.06. The van der Waals surface area contributed by atoms with E-state index < -0.39 is 24.3 Å². The van der Waals surface area contributed by atoms with Gasteiger partial charge in [-0.1, -0.05) is 88.4 Å². The highest BCUT2D eigenvalue weighted by molar-refractivity contribution is 5.86. The second-order valence-electron chi connectivity index (χ2n) is 10.1. The van der Waals surface area contributed by atoms with Crippen LogP contribution < -0.4 is 21.3 Å². The van der Waals surface area contributed by atoms with Gasteiger partial charge < -0.3 is 30.7 Å². The van der Waals surface area contributed by atoms with Crippen molar-refractivity contribution in [3.05, 3.63) is 71.8 Å². The second kappa shape index (κ2) is 17.5. The number of hydrogen-bond acceptors (Lipinski definition) is 6. The normalized spacial score (nSPS) is 12.2. The van der Waals surface area contributed by atoms with Gasteiger partial charge in [0.25, 0.3) is 0 Å². The smallest absolute Gasteiger partial charge is 0.408 e. The van der Waals surface area contributed by atoms with Crippen molar-refractivity contribution in [3.8, 4) is 0 Å². The van der Waals surface area contributed by atoms with Gasteiger partial charge in [0.1, 0.15) is 25.3 Å². The Hall–Kier alpha value is -4.08. The molecule has 0 aromatic heterocycles. The van der Waals surface area contributed by atoms with Gasteiger partial charge in [-0.2, -0.15) is 0 Å². The van der Waals surface area contributed by atoms with Crippen LogP contribution in [0.25, 0.3) is 0 Å². The molecule has 0 fully saturated rings. The highest BCUT2D eigenvalue weighted by atomic mass is 16.6. The summed E-state index contributed by atoms with van der Waals surface area (Å²) < 4.78 is 10.5. The van der Waals surface area contributed by atoms with E-state index in [2.05, 4.69) is 21.3 Å². The summed E-state index contributed by atoms with van der Waals surface area (Å²) in [5, 5.41) is 10.9. The maximum Gasteiger partial charge on any atom is 0.408 e. The number of amides is 4. The molecule has 0 saturated carbocycles. The molecule has 0 heterocycles. The third-order valence-electron chi connectivity index (χ3n) is 6.07. The van der Waals surface area contributed by atoms with Gasteiger partial charge in [0.2, 0.25) is 11.8 Å². The minimum atomic E-state index is -0.734. The molecule has 0 aliphatic heterocycles. The Balaban J connectivity index is 1.66. The van der Waals surface area contributed by atoms with E-state index >= 15 is 0 Å². The summed E-state index contributed by atoms with van der Waals surface area (Å²) in [6.07, 6.45) is -0.0714. The molecule has 2 aromatic rings. The fourth-order valence-electron chi connectivity index (χ4n) is 3.75. The molecule has 2 rings (SSSR count). The van der Waals surface area contributed by atoms with E-state index in [4.69, 9.17) is 9.47 Å². The maximum absolute atomic E-state index is 12.6. The first-order chi connectivity index (χ1) is 19.2. The lowest BCUT2D eigenvalue weighted by Gasteiger charge is -2.22. The zero-order valence-electron chi connectivity index (χ0n) is 23.8. The molecule has 40 heavy (non-hydrogen) atoms. The largest absolute Gasteiger partial charge is 0.445 e. The number of nitrogens with one attached hydrogen (secondary N) is 4. The summed E-state index contributed by atoms with van der Waals surface area (Å²) in [6, 6.07) is 17.1. The van der Waals surface area contributed by atoms with E-state index in [0.29, 0.717) is 25.9 Å². The predicted octanol–water partition coefficient (Wildman–Crippen LogP) is 3.90. The van der Waals surface area contributed by atoms with Gasteiger partial charge in [0, 0.05) is 13.1 Å². The average Bonchev–Trinajstić information content (AvgIpc) is 2.94. The Bertz CT molecular complexity index is 977. The standard InChI is InChI=1S/C30H42N4O6/c1-21(2)25(33-29(37)39-19-23-13-7-5-8-14-23)27(35)31-17-11-12-18-32-28(36)26(22(3)4)34-30(38)40-20-24-15-9-6-10-16-24/h5-10,13-16,21-22,25-26H,11-12,17-20H2,1-4H3,(H,31,35)(H,32,36)(H,33,37)(H,34,38)/t25-,26-/m0/s1. The second-order valence-corrected chi connectivity index (χ2v) is 10.1. The van der Waals surface area contributed by atoms with Crippen LogP contribution in [0.5, 0.6) is 0 Å². The molecule has 218 valence electrons. The van der Waals surface area contributed by atoms with Gasteiger partial charge in [-0.15, -0.1) is 0 Å². The van der Waals surface area contributed by atoms with Crippen LogP contribution in [0.3, 0.4) is 0 Å². The van der Waals surface area contributed by atoms with Gasteiger partial charge in [-0.05, 0) is 35.8 Å². The Morgan fingerprint density at radius 3 is 1.27 bits per heavy atom. The molecular formula is C30H42N4O6. The molecule has 0 unspecified atom stereocenters. The van der Waals surface area contributed by atoms with Crippen LogP contribution in [0.1, 0.15) is 51.7 Å². The lowest BCUT2D eigenvalue weighted by atomic mass is 10.0.